The van der Waals surface area contributed by atoms with Crippen molar-refractivity contribution < 1.29 is 9.47 Å². The lowest BCUT2D eigenvalue weighted by Gasteiger charge is -2.25. The molecule has 1 aliphatic carbocycles. The Bertz CT molecular complexity index is 700. The summed E-state index contributed by atoms with van der Waals surface area (Å²) in [5.74, 6) is 2.29. The molecular weight excluding hydrogens is 368 g/mol. The predicted molar refractivity (Wildman–Crippen MR) is 129 cm³/mol. The predicted octanol–water partition coefficient (Wildman–Crippen LogP) is 8.42. The van der Waals surface area contributed by atoms with Crippen molar-refractivity contribution in [1.82, 2.24) is 0 Å². The molecule has 2 nitrogen and oxygen atoms in total. The molecular formula is C28H42O2. The van der Waals surface area contributed by atoms with Crippen molar-refractivity contribution in [2.24, 2.45) is 0 Å². The Morgan fingerprint density at radius 1 is 0.600 bits per heavy atom. The fourth-order valence-electron chi connectivity index (χ4n) is 4.70. The maximum Gasteiger partial charge on any atom is 0.130 e. The Hall–Kier alpha value is -1.70. The molecule has 2 aromatic carbocycles. The minimum atomic E-state index is 0.831. The molecule has 0 aromatic heterocycles. The Balaban J connectivity index is 1.76. The largest absolute Gasteiger partial charge is 0.493 e. The first-order chi connectivity index (χ1) is 14.9. The SMILES string of the molecule is CCCCCCCOc1c2c(c(OCCCCCCC)c3ccccc13)CCCC2. The second kappa shape index (κ2) is 12.9. The summed E-state index contributed by atoms with van der Waals surface area (Å²) in [6, 6.07) is 8.73. The lowest BCUT2D eigenvalue weighted by atomic mass is 9.87. The van der Waals surface area contributed by atoms with Crippen LogP contribution in [-0.4, -0.2) is 13.2 Å². The van der Waals surface area contributed by atoms with Gasteiger partial charge in [0.2, 0.25) is 0 Å². The number of fused-ring (bicyclic) bond motifs is 2. The summed E-state index contributed by atoms with van der Waals surface area (Å²) in [6.45, 7) is 6.20. The number of hydrogen-bond acceptors (Lipinski definition) is 2. The standard InChI is InChI=1S/C28H42O2/c1-3-5-7-9-15-21-29-27-23-17-11-13-19-25(23)28(26-20-14-12-18-24(26)27)30-22-16-10-8-6-4-2/h11,13,17,19H,3-10,12,14-16,18,20-22H2,1-2H3. The van der Waals surface area contributed by atoms with Gasteiger partial charge in [-0.3, -0.25) is 0 Å². The molecule has 0 spiro atoms. The summed E-state index contributed by atoms with van der Waals surface area (Å²) in [5.41, 5.74) is 2.85. The second-order valence-corrected chi connectivity index (χ2v) is 8.89. The Morgan fingerprint density at radius 3 is 1.47 bits per heavy atom. The number of unbranched alkanes of at least 4 members (excludes halogenated alkanes) is 8. The topological polar surface area (TPSA) is 18.5 Å². The molecule has 0 atom stereocenters. The smallest absolute Gasteiger partial charge is 0.130 e. The van der Waals surface area contributed by atoms with Crippen molar-refractivity contribution in [2.75, 3.05) is 13.2 Å². The summed E-state index contributed by atoms with van der Waals surface area (Å²) >= 11 is 0. The molecule has 0 unspecified atom stereocenters. The van der Waals surface area contributed by atoms with Crippen molar-refractivity contribution in [3.8, 4) is 11.5 Å². The van der Waals surface area contributed by atoms with E-state index in [4.69, 9.17) is 9.47 Å². The van der Waals surface area contributed by atoms with Crippen LogP contribution in [0.5, 0.6) is 11.5 Å². The molecule has 0 heterocycles. The molecule has 0 fully saturated rings. The van der Waals surface area contributed by atoms with Crippen LogP contribution in [0.2, 0.25) is 0 Å². The van der Waals surface area contributed by atoms with Gasteiger partial charge in [-0.25, -0.2) is 0 Å². The van der Waals surface area contributed by atoms with Crippen molar-refractivity contribution in [3.63, 3.8) is 0 Å². The molecule has 0 saturated carbocycles. The fourth-order valence-corrected chi connectivity index (χ4v) is 4.70. The highest BCUT2D eigenvalue weighted by Gasteiger charge is 2.23. The molecule has 166 valence electrons. The van der Waals surface area contributed by atoms with E-state index < -0.39 is 0 Å². The third-order valence-electron chi connectivity index (χ3n) is 6.42. The fraction of sp³-hybridized carbons (Fsp3) is 0.643. The zero-order valence-corrected chi connectivity index (χ0v) is 19.4. The number of rotatable bonds is 14. The average molecular weight is 411 g/mol. The molecule has 1 aliphatic rings. The molecule has 0 bridgehead atoms. The van der Waals surface area contributed by atoms with Gasteiger partial charge in [0, 0.05) is 21.9 Å². The van der Waals surface area contributed by atoms with E-state index in [-0.39, 0.29) is 0 Å². The van der Waals surface area contributed by atoms with Crippen LogP contribution in [0.15, 0.2) is 24.3 Å². The molecule has 30 heavy (non-hydrogen) atoms. The molecule has 0 N–H and O–H groups in total. The molecule has 0 amide bonds. The first-order valence-corrected chi connectivity index (χ1v) is 12.7. The highest BCUT2D eigenvalue weighted by molar-refractivity contribution is 5.96. The quantitative estimate of drug-likeness (QED) is 0.291. The molecule has 0 aliphatic heterocycles. The van der Waals surface area contributed by atoms with Gasteiger partial charge in [0.15, 0.2) is 0 Å². The zero-order chi connectivity index (χ0) is 21.0. The molecule has 0 saturated heterocycles. The van der Waals surface area contributed by atoms with Gasteiger partial charge < -0.3 is 9.47 Å². The van der Waals surface area contributed by atoms with E-state index in [9.17, 15) is 0 Å². The van der Waals surface area contributed by atoms with Crippen LogP contribution < -0.4 is 9.47 Å². The second-order valence-electron chi connectivity index (χ2n) is 8.89. The van der Waals surface area contributed by atoms with Gasteiger partial charge in [0.25, 0.3) is 0 Å². The van der Waals surface area contributed by atoms with Crippen LogP contribution in [0.3, 0.4) is 0 Å². The van der Waals surface area contributed by atoms with Crippen molar-refractivity contribution in [2.45, 2.75) is 104 Å². The molecule has 3 rings (SSSR count). The summed E-state index contributed by atoms with van der Waals surface area (Å²) in [4.78, 5) is 0. The van der Waals surface area contributed by atoms with Crippen LogP contribution in [0, 0.1) is 0 Å². The van der Waals surface area contributed by atoms with E-state index in [0.29, 0.717) is 0 Å². The Morgan fingerprint density at radius 2 is 1.03 bits per heavy atom. The van der Waals surface area contributed by atoms with E-state index in [1.165, 1.54) is 86.1 Å². The Labute approximate surface area is 184 Å². The molecule has 0 radical (unpaired) electrons. The van der Waals surface area contributed by atoms with Gasteiger partial charge in [-0.05, 0) is 38.5 Å². The van der Waals surface area contributed by atoms with Gasteiger partial charge in [0.1, 0.15) is 11.5 Å². The molecule has 2 aromatic rings. The number of benzene rings is 2. The number of ether oxygens (including phenoxy) is 2. The Kier molecular flexibility index (Phi) is 9.86. The van der Waals surface area contributed by atoms with Crippen LogP contribution in [0.4, 0.5) is 0 Å². The maximum absolute atomic E-state index is 6.47. The summed E-state index contributed by atoms with van der Waals surface area (Å²) < 4.78 is 12.9. The van der Waals surface area contributed by atoms with Gasteiger partial charge in [-0.15, -0.1) is 0 Å². The van der Waals surface area contributed by atoms with E-state index in [2.05, 4.69) is 38.1 Å². The zero-order valence-electron chi connectivity index (χ0n) is 19.4. The normalized spacial score (nSPS) is 13.4. The first kappa shape index (κ1) is 23.0. The van der Waals surface area contributed by atoms with Gasteiger partial charge >= 0.3 is 0 Å². The van der Waals surface area contributed by atoms with Crippen molar-refractivity contribution in [3.05, 3.63) is 35.4 Å². The van der Waals surface area contributed by atoms with Gasteiger partial charge in [-0.1, -0.05) is 89.5 Å². The van der Waals surface area contributed by atoms with Crippen LogP contribution >= 0.6 is 0 Å². The lowest BCUT2D eigenvalue weighted by molar-refractivity contribution is 0.294. The van der Waals surface area contributed by atoms with E-state index in [1.807, 2.05) is 0 Å². The van der Waals surface area contributed by atoms with E-state index in [1.54, 1.807) is 0 Å². The summed E-state index contributed by atoms with van der Waals surface area (Å²) in [7, 11) is 0. The maximum atomic E-state index is 6.47. The van der Waals surface area contributed by atoms with Crippen molar-refractivity contribution in [1.29, 1.82) is 0 Å². The van der Waals surface area contributed by atoms with E-state index >= 15 is 0 Å². The third kappa shape index (κ3) is 6.15. The first-order valence-electron chi connectivity index (χ1n) is 12.7. The van der Waals surface area contributed by atoms with Gasteiger partial charge in [-0.2, -0.15) is 0 Å². The van der Waals surface area contributed by atoms with Gasteiger partial charge in [0.05, 0.1) is 13.2 Å². The lowest BCUT2D eigenvalue weighted by Crippen LogP contribution is -2.11. The monoisotopic (exact) mass is 410 g/mol. The molecule has 2 heteroatoms. The highest BCUT2D eigenvalue weighted by atomic mass is 16.5. The third-order valence-corrected chi connectivity index (χ3v) is 6.42. The average Bonchev–Trinajstić information content (AvgIpc) is 2.79. The minimum Gasteiger partial charge on any atom is -0.493 e. The minimum absolute atomic E-state index is 0.831. The van der Waals surface area contributed by atoms with E-state index in [0.717, 1.165) is 50.4 Å². The van der Waals surface area contributed by atoms with Crippen LogP contribution in [-0.2, 0) is 12.8 Å². The van der Waals surface area contributed by atoms with Crippen LogP contribution in [0.1, 0.15) is 102 Å². The highest BCUT2D eigenvalue weighted by Crippen LogP contribution is 2.44. The van der Waals surface area contributed by atoms with Crippen LogP contribution in [0.25, 0.3) is 10.8 Å². The summed E-state index contributed by atoms with van der Waals surface area (Å²) in [5, 5.41) is 2.49. The summed E-state index contributed by atoms with van der Waals surface area (Å²) in [6.07, 6.45) is 17.5. The van der Waals surface area contributed by atoms with Crippen molar-refractivity contribution >= 4 is 10.8 Å². The number of hydrogen-bond donors (Lipinski definition) is 0.